The van der Waals surface area contributed by atoms with Crippen molar-refractivity contribution in [2.45, 2.75) is 44.9 Å². The first-order valence-electron chi connectivity index (χ1n) is 10.0. The van der Waals surface area contributed by atoms with Crippen LogP contribution < -0.4 is 19.9 Å². The predicted molar refractivity (Wildman–Crippen MR) is 113 cm³/mol. The highest BCUT2D eigenvalue weighted by molar-refractivity contribution is 5.96. The van der Waals surface area contributed by atoms with Crippen LogP contribution in [0.4, 0.5) is 0 Å². The number of methoxy groups -OCH3 is 2. The van der Waals surface area contributed by atoms with Crippen molar-refractivity contribution in [2.24, 2.45) is 5.73 Å². The number of carbonyl (C=O) groups excluding carboxylic acids is 1. The van der Waals surface area contributed by atoms with Gasteiger partial charge in [0.15, 0.2) is 11.5 Å². The molecule has 29 heavy (non-hydrogen) atoms. The van der Waals surface area contributed by atoms with Crippen molar-refractivity contribution >= 4 is 5.91 Å². The molecular weight excluding hydrogens is 368 g/mol. The zero-order valence-electron chi connectivity index (χ0n) is 17.4. The lowest BCUT2D eigenvalue weighted by Gasteiger charge is -2.38. The van der Waals surface area contributed by atoms with Gasteiger partial charge in [0.2, 0.25) is 5.75 Å². The van der Waals surface area contributed by atoms with Crippen molar-refractivity contribution in [2.75, 3.05) is 20.8 Å². The van der Waals surface area contributed by atoms with Gasteiger partial charge in [-0.25, -0.2) is 0 Å². The van der Waals surface area contributed by atoms with E-state index in [0.717, 1.165) is 24.8 Å². The van der Waals surface area contributed by atoms with E-state index in [0.29, 0.717) is 36.0 Å². The number of hydrogen-bond donors (Lipinski definition) is 1. The Morgan fingerprint density at radius 1 is 1.14 bits per heavy atom. The molecule has 2 N–H and O–H groups in total. The van der Waals surface area contributed by atoms with Crippen molar-refractivity contribution in [3.8, 4) is 17.2 Å². The Balaban J connectivity index is 1.87. The number of benzene rings is 2. The number of ether oxygens (including phenoxy) is 3. The smallest absolute Gasteiger partial charge is 0.254 e. The second kappa shape index (κ2) is 9.65. The van der Waals surface area contributed by atoms with E-state index in [-0.39, 0.29) is 18.0 Å². The van der Waals surface area contributed by atoms with E-state index in [2.05, 4.69) is 0 Å². The number of amides is 1. The van der Waals surface area contributed by atoms with Gasteiger partial charge in [0.1, 0.15) is 6.61 Å². The summed E-state index contributed by atoms with van der Waals surface area (Å²) in [7, 11) is 3.12. The Morgan fingerprint density at radius 2 is 1.79 bits per heavy atom. The van der Waals surface area contributed by atoms with Crippen LogP contribution in [0.2, 0.25) is 0 Å². The molecule has 2 atom stereocenters. The average Bonchev–Trinajstić information content (AvgIpc) is 2.77. The second-order valence-corrected chi connectivity index (χ2v) is 7.40. The zero-order chi connectivity index (χ0) is 20.8. The fourth-order valence-electron chi connectivity index (χ4n) is 3.80. The van der Waals surface area contributed by atoms with E-state index in [4.69, 9.17) is 19.9 Å². The molecule has 0 aromatic heterocycles. The van der Waals surface area contributed by atoms with Crippen LogP contribution in [0.5, 0.6) is 17.2 Å². The van der Waals surface area contributed by atoms with Crippen molar-refractivity contribution in [1.82, 2.24) is 4.90 Å². The molecule has 6 nitrogen and oxygen atoms in total. The normalized spacial score (nSPS) is 17.5. The van der Waals surface area contributed by atoms with Crippen LogP contribution in [-0.2, 0) is 6.61 Å². The van der Waals surface area contributed by atoms with Crippen LogP contribution in [-0.4, -0.2) is 43.7 Å². The topological polar surface area (TPSA) is 74.0 Å². The highest BCUT2D eigenvalue weighted by Crippen LogP contribution is 2.39. The molecule has 0 aliphatic carbocycles. The molecule has 2 aromatic carbocycles. The molecule has 0 spiro atoms. The molecule has 1 saturated heterocycles. The van der Waals surface area contributed by atoms with Gasteiger partial charge in [-0.1, -0.05) is 30.3 Å². The zero-order valence-corrected chi connectivity index (χ0v) is 17.4. The van der Waals surface area contributed by atoms with Crippen molar-refractivity contribution in [3.63, 3.8) is 0 Å². The first-order chi connectivity index (χ1) is 14.0. The van der Waals surface area contributed by atoms with Crippen LogP contribution in [0.1, 0.15) is 42.1 Å². The fourth-order valence-corrected chi connectivity index (χ4v) is 3.80. The highest BCUT2D eigenvalue weighted by atomic mass is 16.5. The molecule has 156 valence electrons. The van der Waals surface area contributed by atoms with E-state index >= 15 is 0 Å². The lowest BCUT2D eigenvalue weighted by molar-refractivity contribution is 0.0583. The van der Waals surface area contributed by atoms with Crippen LogP contribution in [0.3, 0.4) is 0 Å². The van der Waals surface area contributed by atoms with Crippen molar-refractivity contribution in [1.29, 1.82) is 0 Å². The van der Waals surface area contributed by atoms with Gasteiger partial charge in [-0.3, -0.25) is 4.79 Å². The molecule has 1 aliphatic heterocycles. The minimum absolute atomic E-state index is 0.0437. The van der Waals surface area contributed by atoms with E-state index < -0.39 is 0 Å². The van der Waals surface area contributed by atoms with Gasteiger partial charge in [-0.2, -0.15) is 0 Å². The van der Waals surface area contributed by atoms with Gasteiger partial charge < -0.3 is 24.8 Å². The molecular formula is C23H30N2O4. The Hall–Kier alpha value is -2.73. The molecule has 6 heteroatoms. The summed E-state index contributed by atoms with van der Waals surface area (Å²) in [5.74, 6) is 1.37. The van der Waals surface area contributed by atoms with Crippen LogP contribution in [0.15, 0.2) is 42.5 Å². The van der Waals surface area contributed by atoms with Gasteiger partial charge in [0.05, 0.1) is 14.2 Å². The van der Waals surface area contributed by atoms with Crippen LogP contribution in [0.25, 0.3) is 0 Å². The molecule has 2 unspecified atom stereocenters. The molecule has 1 aliphatic rings. The van der Waals surface area contributed by atoms with Gasteiger partial charge in [0.25, 0.3) is 5.91 Å². The molecule has 1 amide bonds. The lowest BCUT2D eigenvalue weighted by Crippen LogP contribution is -2.51. The van der Waals surface area contributed by atoms with Crippen LogP contribution >= 0.6 is 0 Å². The number of hydrogen-bond acceptors (Lipinski definition) is 5. The molecule has 1 heterocycles. The highest BCUT2D eigenvalue weighted by Gasteiger charge is 2.31. The third kappa shape index (κ3) is 4.82. The first kappa shape index (κ1) is 21.0. The SMILES string of the molecule is COc1cc(C(=O)N2CCCCC2C(C)N)cc(OC)c1OCc1ccccc1. The molecule has 1 fully saturated rings. The van der Waals surface area contributed by atoms with E-state index in [9.17, 15) is 4.79 Å². The summed E-state index contributed by atoms with van der Waals surface area (Å²) < 4.78 is 17.0. The average molecular weight is 399 g/mol. The van der Waals surface area contributed by atoms with Gasteiger partial charge in [-0.05, 0) is 43.9 Å². The Bertz CT molecular complexity index is 798. The van der Waals surface area contributed by atoms with Gasteiger partial charge in [0, 0.05) is 24.2 Å². The third-order valence-corrected chi connectivity index (χ3v) is 5.35. The largest absolute Gasteiger partial charge is 0.493 e. The Kier molecular flexibility index (Phi) is 6.99. The second-order valence-electron chi connectivity index (χ2n) is 7.40. The van der Waals surface area contributed by atoms with Crippen molar-refractivity contribution < 1.29 is 19.0 Å². The third-order valence-electron chi connectivity index (χ3n) is 5.35. The lowest BCUT2D eigenvalue weighted by atomic mass is 9.96. The summed E-state index contributed by atoms with van der Waals surface area (Å²) >= 11 is 0. The van der Waals surface area contributed by atoms with Gasteiger partial charge in [-0.15, -0.1) is 0 Å². The summed E-state index contributed by atoms with van der Waals surface area (Å²) in [6, 6.07) is 13.3. The summed E-state index contributed by atoms with van der Waals surface area (Å²) in [6.07, 6.45) is 3.01. The molecule has 0 radical (unpaired) electrons. The number of nitrogens with zero attached hydrogens (tertiary/aromatic N) is 1. The summed E-state index contributed by atoms with van der Waals surface area (Å²) in [5, 5.41) is 0. The maximum Gasteiger partial charge on any atom is 0.254 e. The maximum atomic E-state index is 13.3. The molecule has 3 rings (SSSR count). The Labute approximate surface area is 172 Å². The Morgan fingerprint density at radius 3 is 2.38 bits per heavy atom. The number of carbonyl (C=O) groups is 1. The molecule has 2 aromatic rings. The van der Waals surface area contributed by atoms with Gasteiger partial charge >= 0.3 is 0 Å². The molecule has 0 bridgehead atoms. The maximum absolute atomic E-state index is 13.3. The quantitative estimate of drug-likeness (QED) is 0.771. The number of rotatable bonds is 7. The number of piperidine rings is 1. The van der Waals surface area contributed by atoms with E-state index in [1.54, 1.807) is 26.4 Å². The fraction of sp³-hybridized carbons (Fsp3) is 0.435. The minimum atomic E-state index is -0.0727. The number of likely N-dealkylation sites (tertiary alicyclic amines) is 1. The minimum Gasteiger partial charge on any atom is -0.493 e. The number of nitrogens with two attached hydrogens (primary N) is 1. The standard InChI is InChI=1S/C23H30N2O4/c1-16(24)19-11-7-8-12-25(19)23(26)18-13-20(27-2)22(21(14-18)28-3)29-15-17-9-5-4-6-10-17/h4-6,9-10,13-14,16,19H,7-8,11-12,15,24H2,1-3H3. The monoisotopic (exact) mass is 398 g/mol. The predicted octanol–water partition coefficient (Wildman–Crippen LogP) is 3.62. The van der Waals surface area contributed by atoms with E-state index in [1.807, 2.05) is 42.2 Å². The van der Waals surface area contributed by atoms with E-state index in [1.165, 1.54) is 0 Å². The first-order valence-corrected chi connectivity index (χ1v) is 10.0. The summed E-state index contributed by atoms with van der Waals surface area (Å²) in [6.45, 7) is 3.04. The summed E-state index contributed by atoms with van der Waals surface area (Å²) in [4.78, 5) is 15.1. The summed E-state index contributed by atoms with van der Waals surface area (Å²) in [5.41, 5.74) is 7.69. The molecule has 0 saturated carbocycles. The van der Waals surface area contributed by atoms with Crippen molar-refractivity contribution in [3.05, 3.63) is 53.6 Å². The van der Waals surface area contributed by atoms with Crippen LogP contribution in [0, 0.1) is 0 Å².